The average molecular weight is 387 g/mol. The molecule has 3 rings (SSSR count). The van der Waals surface area contributed by atoms with Crippen LogP contribution in [0.25, 0.3) is 0 Å². The van der Waals surface area contributed by atoms with Crippen molar-refractivity contribution in [2.75, 3.05) is 23.4 Å². The molecule has 0 aromatic heterocycles. The zero-order chi connectivity index (χ0) is 19.4. The molecule has 1 aliphatic carbocycles. The zero-order valence-corrected chi connectivity index (χ0v) is 15.7. The largest absolute Gasteiger partial charge is 0.376 e. The third-order valence-electron chi connectivity index (χ3n) is 4.04. The van der Waals surface area contributed by atoms with Gasteiger partial charge in [0.25, 0.3) is 5.91 Å². The molecule has 0 spiro atoms. The summed E-state index contributed by atoms with van der Waals surface area (Å²) in [5.74, 6) is -0.455. The lowest BCUT2D eigenvalue weighted by atomic mass is 10.2. The monoisotopic (exact) mass is 387 g/mol. The second kappa shape index (κ2) is 7.79. The van der Waals surface area contributed by atoms with E-state index in [1.54, 1.807) is 36.4 Å². The molecule has 0 unspecified atom stereocenters. The van der Waals surface area contributed by atoms with Crippen LogP contribution in [0.15, 0.2) is 53.4 Å². The van der Waals surface area contributed by atoms with Gasteiger partial charge in [0.15, 0.2) is 9.84 Å². The Hall–Kier alpha value is -2.87. The highest BCUT2D eigenvalue weighted by Gasteiger charge is 2.23. The van der Waals surface area contributed by atoms with E-state index in [2.05, 4.69) is 16.0 Å². The Kier molecular flexibility index (Phi) is 5.46. The van der Waals surface area contributed by atoms with Crippen LogP contribution in [0.3, 0.4) is 0 Å². The maximum absolute atomic E-state index is 12.1. The number of nitrogens with one attached hydrogen (secondary N) is 3. The van der Waals surface area contributed by atoms with Gasteiger partial charge in [0, 0.05) is 29.2 Å². The average Bonchev–Trinajstić information content (AvgIpc) is 3.44. The number of hydrogen-bond acceptors (Lipinski definition) is 5. The number of anilines is 2. The number of rotatable bonds is 7. The van der Waals surface area contributed by atoms with Gasteiger partial charge < -0.3 is 16.0 Å². The van der Waals surface area contributed by atoms with Crippen molar-refractivity contribution >= 4 is 33.0 Å². The van der Waals surface area contributed by atoms with E-state index in [9.17, 15) is 18.0 Å². The Morgan fingerprint density at radius 2 is 1.74 bits per heavy atom. The SMILES string of the molecule is CS(=O)(=O)c1cccc(NCC(=O)Nc2cccc(C(=O)NC3CC3)c2)c1. The highest BCUT2D eigenvalue weighted by atomic mass is 32.2. The topological polar surface area (TPSA) is 104 Å². The van der Waals surface area contributed by atoms with Crippen molar-refractivity contribution in [1.82, 2.24) is 5.32 Å². The van der Waals surface area contributed by atoms with Crippen LogP contribution in [0, 0.1) is 0 Å². The van der Waals surface area contributed by atoms with Crippen LogP contribution in [-0.4, -0.2) is 39.1 Å². The van der Waals surface area contributed by atoms with Gasteiger partial charge in [-0.2, -0.15) is 0 Å². The van der Waals surface area contributed by atoms with Crippen molar-refractivity contribution < 1.29 is 18.0 Å². The van der Waals surface area contributed by atoms with E-state index in [0.29, 0.717) is 16.9 Å². The molecule has 2 aromatic rings. The summed E-state index contributed by atoms with van der Waals surface area (Å²) in [6.45, 7) is -0.0360. The number of carbonyl (C=O) groups excluding carboxylic acids is 2. The number of carbonyl (C=O) groups is 2. The summed E-state index contributed by atoms with van der Waals surface area (Å²) in [5, 5.41) is 8.52. The van der Waals surface area contributed by atoms with Gasteiger partial charge in [-0.3, -0.25) is 9.59 Å². The minimum absolute atomic E-state index is 0.0360. The maximum Gasteiger partial charge on any atom is 0.251 e. The maximum atomic E-state index is 12.1. The fraction of sp³-hybridized carbons (Fsp3) is 0.263. The number of hydrogen-bond donors (Lipinski definition) is 3. The Balaban J connectivity index is 1.57. The molecule has 1 fully saturated rings. The molecule has 27 heavy (non-hydrogen) atoms. The molecular weight excluding hydrogens is 366 g/mol. The summed E-state index contributed by atoms with van der Waals surface area (Å²) in [6, 6.07) is 13.3. The number of amides is 2. The van der Waals surface area contributed by atoms with E-state index in [-0.39, 0.29) is 29.3 Å². The summed E-state index contributed by atoms with van der Waals surface area (Å²) in [6.07, 6.45) is 3.15. The molecule has 0 radical (unpaired) electrons. The van der Waals surface area contributed by atoms with Gasteiger partial charge in [-0.1, -0.05) is 12.1 Å². The lowest BCUT2D eigenvalue weighted by Crippen LogP contribution is -2.26. The van der Waals surface area contributed by atoms with Crippen LogP contribution in [0.1, 0.15) is 23.2 Å². The van der Waals surface area contributed by atoms with Crippen molar-refractivity contribution in [3.8, 4) is 0 Å². The molecule has 2 amide bonds. The molecule has 2 aromatic carbocycles. The second-order valence-corrected chi connectivity index (χ2v) is 8.55. The molecule has 0 aliphatic heterocycles. The van der Waals surface area contributed by atoms with Gasteiger partial charge in [0.1, 0.15) is 0 Å². The molecule has 1 aliphatic rings. The fourth-order valence-corrected chi connectivity index (χ4v) is 3.13. The Labute approximate surface area is 158 Å². The second-order valence-electron chi connectivity index (χ2n) is 6.53. The Morgan fingerprint density at radius 3 is 2.44 bits per heavy atom. The van der Waals surface area contributed by atoms with Gasteiger partial charge in [-0.25, -0.2) is 8.42 Å². The molecule has 142 valence electrons. The van der Waals surface area contributed by atoms with Gasteiger partial charge in [0.2, 0.25) is 5.91 Å². The van der Waals surface area contributed by atoms with Crippen LogP contribution < -0.4 is 16.0 Å². The van der Waals surface area contributed by atoms with Gasteiger partial charge in [-0.05, 0) is 49.2 Å². The predicted octanol–water partition coefficient (Wildman–Crippen LogP) is 2.03. The van der Waals surface area contributed by atoms with Crippen molar-refractivity contribution in [3.05, 3.63) is 54.1 Å². The quantitative estimate of drug-likeness (QED) is 0.674. The van der Waals surface area contributed by atoms with Crippen LogP contribution >= 0.6 is 0 Å². The molecule has 0 atom stereocenters. The fourth-order valence-electron chi connectivity index (χ4n) is 2.46. The predicted molar refractivity (Wildman–Crippen MR) is 104 cm³/mol. The van der Waals surface area contributed by atoms with E-state index in [1.807, 2.05) is 0 Å². The molecule has 0 heterocycles. The third kappa shape index (κ3) is 5.55. The van der Waals surface area contributed by atoms with E-state index in [0.717, 1.165) is 19.1 Å². The smallest absolute Gasteiger partial charge is 0.251 e. The van der Waals surface area contributed by atoms with E-state index < -0.39 is 9.84 Å². The van der Waals surface area contributed by atoms with Crippen LogP contribution in [0.4, 0.5) is 11.4 Å². The number of benzene rings is 2. The summed E-state index contributed by atoms with van der Waals surface area (Å²) < 4.78 is 23.2. The van der Waals surface area contributed by atoms with Gasteiger partial charge in [-0.15, -0.1) is 0 Å². The highest BCUT2D eigenvalue weighted by Crippen LogP contribution is 2.20. The van der Waals surface area contributed by atoms with E-state index >= 15 is 0 Å². The molecule has 7 nitrogen and oxygen atoms in total. The normalized spacial score (nSPS) is 13.7. The number of sulfone groups is 1. The molecule has 0 saturated heterocycles. The zero-order valence-electron chi connectivity index (χ0n) is 14.9. The molecule has 1 saturated carbocycles. The first-order chi connectivity index (χ1) is 12.8. The molecule has 8 heteroatoms. The van der Waals surface area contributed by atoms with Crippen molar-refractivity contribution in [2.45, 2.75) is 23.8 Å². The first-order valence-electron chi connectivity index (χ1n) is 8.56. The lowest BCUT2D eigenvalue weighted by molar-refractivity contribution is -0.114. The van der Waals surface area contributed by atoms with Crippen molar-refractivity contribution in [2.24, 2.45) is 0 Å². The summed E-state index contributed by atoms with van der Waals surface area (Å²) in [5.41, 5.74) is 1.55. The Morgan fingerprint density at radius 1 is 1.04 bits per heavy atom. The first kappa shape index (κ1) is 18.9. The first-order valence-corrected chi connectivity index (χ1v) is 10.5. The van der Waals surface area contributed by atoms with Crippen molar-refractivity contribution in [3.63, 3.8) is 0 Å². The Bertz CT molecular complexity index is 968. The summed E-state index contributed by atoms with van der Waals surface area (Å²) in [4.78, 5) is 24.4. The highest BCUT2D eigenvalue weighted by molar-refractivity contribution is 7.90. The van der Waals surface area contributed by atoms with E-state index in [4.69, 9.17) is 0 Å². The summed E-state index contributed by atoms with van der Waals surface area (Å²) in [7, 11) is -3.31. The summed E-state index contributed by atoms with van der Waals surface area (Å²) >= 11 is 0. The molecule has 3 N–H and O–H groups in total. The molecular formula is C19H21N3O4S. The lowest BCUT2D eigenvalue weighted by Gasteiger charge is -2.10. The van der Waals surface area contributed by atoms with Gasteiger partial charge in [0.05, 0.1) is 11.4 Å². The minimum atomic E-state index is -3.31. The third-order valence-corrected chi connectivity index (χ3v) is 5.15. The minimum Gasteiger partial charge on any atom is -0.376 e. The molecule has 0 bridgehead atoms. The van der Waals surface area contributed by atoms with Crippen molar-refractivity contribution in [1.29, 1.82) is 0 Å². The van der Waals surface area contributed by atoms with Gasteiger partial charge >= 0.3 is 0 Å². The van der Waals surface area contributed by atoms with Crippen LogP contribution in [0.5, 0.6) is 0 Å². The van der Waals surface area contributed by atoms with E-state index in [1.165, 1.54) is 12.1 Å². The van der Waals surface area contributed by atoms with Crippen LogP contribution in [-0.2, 0) is 14.6 Å². The van der Waals surface area contributed by atoms with Crippen LogP contribution in [0.2, 0.25) is 0 Å². The standard InChI is InChI=1S/C19H21N3O4S/c1-27(25,26)17-7-3-5-15(11-17)20-12-18(23)21-16-6-2-4-13(10-16)19(24)22-14-8-9-14/h2-7,10-11,14,20H,8-9,12H2,1H3,(H,21,23)(H,22,24).